The van der Waals surface area contributed by atoms with Gasteiger partial charge in [-0.25, -0.2) is 4.79 Å². The lowest BCUT2D eigenvalue weighted by Gasteiger charge is -2.06. The van der Waals surface area contributed by atoms with Crippen LogP contribution >= 0.6 is 0 Å². The zero-order valence-corrected chi connectivity index (χ0v) is 11.4. The van der Waals surface area contributed by atoms with Crippen molar-refractivity contribution in [2.75, 3.05) is 7.11 Å². The maximum atomic E-state index is 11.9. The van der Waals surface area contributed by atoms with E-state index in [1.807, 2.05) is 30.3 Å². The lowest BCUT2D eigenvalue weighted by molar-refractivity contribution is -0.384. The molecule has 0 amide bonds. The van der Waals surface area contributed by atoms with Crippen LogP contribution in [0, 0.1) is 10.1 Å². The number of hydrogen-bond donors (Lipinski definition) is 0. The molecule has 0 fully saturated rings. The fraction of sp³-hybridized carbons (Fsp3) is 0.0625. The van der Waals surface area contributed by atoms with Crippen molar-refractivity contribution < 1.29 is 14.5 Å². The van der Waals surface area contributed by atoms with Crippen LogP contribution in [0.2, 0.25) is 0 Å². The number of esters is 1. The summed E-state index contributed by atoms with van der Waals surface area (Å²) >= 11 is 0. The number of non-ortho nitro benzene ring substituents is 1. The quantitative estimate of drug-likeness (QED) is 0.284. The third kappa shape index (κ3) is 3.54. The number of carbonyl (C=O) groups excluding carboxylic acids is 1. The standard InChI is InChI=1S/C16H13NO4/c1-21-16(18)15(11-12-5-3-2-4-6-12)13-7-9-14(10-8-13)17(19)20/h2-11H,1H3/b15-11-. The number of hydrogen-bond acceptors (Lipinski definition) is 4. The Hall–Kier alpha value is -2.95. The molecule has 0 spiro atoms. The summed E-state index contributed by atoms with van der Waals surface area (Å²) in [6.07, 6.45) is 1.69. The van der Waals surface area contributed by atoms with E-state index in [-0.39, 0.29) is 5.69 Å². The second-order valence-electron chi connectivity index (χ2n) is 4.26. The highest BCUT2D eigenvalue weighted by Gasteiger charge is 2.14. The maximum Gasteiger partial charge on any atom is 0.338 e. The first kappa shape index (κ1) is 14.5. The van der Waals surface area contributed by atoms with E-state index in [2.05, 4.69) is 0 Å². The van der Waals surface area contributed by atoms with Crippen LogP contribution in [0.4, 0.5) is 5.69 Å². The van der Waals surface area contributed by atoms with Crippen molar-refractivity contribution in [3.63, 3.8) is 0 Å². The second-order valence-corrected chi connectivity index (χ2v) is 4.26. The van der Waals surface area contributed by atoms with Gasteiger partial charge < -0.3 is 4.74 Å². The lowest BCUT2D eigenvalue weighted by Crippen LogP contribution is -2.04. The topological polar surface area (TPSA) is 69.4 Å². The summed E-state index contributed by atoms with van der Waals surface area (Å²) in [5.74, 6) is -0.493. The molecule has 2 aromatic rings. The molecule has 0 aliphatic rings. The molecule has 0 atom stereocenters. The summed E-state index contributed by atoms with van der Waals surface area (Å²) < 4.78 is 4.78. The summed E-state index contributed by atoms with van der Waals surface area (Å²) in [6.45, 7) is 0. The van der Waals surface area contributed by atoms with Crippen molar-refractivity contribution in [2.24, 2.45) is 0 Å². The minimum atomic E-state index is -0.493. The van der Waals surface area contributed by atoms with Gasteiger partial charge in [-0.05, 0) is 29.3 Å². The van der Waals surface area contributed by atoms with Crippen molar-refractivity contribution in [2.45, 2.75) is 0 Å². The first-order valence-electron chi connectivity index (χ1n) is 6.21. The van der Waals surface area contributed by atoms with Crippen LogP contribution in [-0.4, -0.2) is 18.0 Å². The fourth-order valence-electron chi connectivity index (χ4n) is 1.85. The number of rotatable bonds is 4. The third-order valence-corrected chi connectivity index (χ3v) is 2.91. The third-order valence-electron chi connectivity index (χ3n) is 2.91. The molecule has 21 heavy (non-hydrogen) atoms. The van der Waals surface area contributed by atoms with Crippen LogP contribution in [0.5, 0.6) is 0 Å². The largest absolute Gasteiger partial charge is 0.465 e. The van der Waals surface area contributed by atoms with Gasteiger partial charge in [-0.15, -0.1) is 0 Å². The van der Waals surface area contributed by atoms with Crippen LogP contribution in [0.1, 0.15) is 11.1 Å². The van der Waals surface area contributed by atoms with Gasteiger partial charge in [-0.3, -0.25) is 10.1 Å². The predicted octanol–water partition coefficient (Wildman–Crippen LogP) is 3.31. The SMILES string of the molecule is COC(=O)/C(=C\c1ccccc1)c1ccc([N+](=O)[O-])cc1. The Labute approximate surface area is 121 Å². The van der Waals surface area contributed by atoms with Gasteiger partial charge in [-0.1, -0.05) is 30.3 Å². The van der Waals surface area contributed by atoms with Gasteiger partial charge in [0.15, 0.2) is 0 Å². The molecule has 0 radical (unpaired) electrons. The van der Waals surface area contributed by atoms with E-state index >= 15 is 0 Å². The van der Waals surface area contributed by atoms with Gasteiger partial charge in [0.2, 0.25) is 0 Å². The second kappa shape index (κ2) is 6.47. The first-order valence-corrected chi connectivity index (χ1v) is 6.21. The summed E-state index contributed by atoms with van der Waals surface area (Å²) in [5, 5.41) is 10.7. The Bertz CT molecular complexity index is 675. The van der Waals surface area contributed by atoms with Gasteiger partial charge in [0.1, 0.15) is 0 Å². The Morgan fingerprint density at radius 1 is 1.10 bits per heavy atom. The molecule has 0 aliphatic heterocycles. The minimum absolute atomic E-state index is 0.0253. The average molecular weight is 283 g/mol. The normalized spacial score (nSPS) is 11.0. The number of nitro benzene ring substituents is 1. The molecule has 0 N–H and O–H groups in total. The van der Waals surface area contributed by atoms with Gasteiger partial charge in [0.05, 0.1) is 17.6 Å². The molecule has 2 rings (SSSR count). The van der Waals surface area contributed by atoms with Crippen LogP contribution in [-0.2, 0) is 9.53 Å². The molecule has 0 unspecified atom stereocenters. The molecule has 0 saturated heterocycles. The number of nitro groups is 1. The van der Waals surface area contributed by atoms with Crippen LogP contribution in [0.3, 0.4) is 0 Å². The Balaban J connectivity index is 2.43. The van der Waals surface area contributed by atoms with Gasteiger partial charge >= 0.3 is 5.97 Å². The van der Waals surface area contributed by atoms with Crippen LogP contribution in [0.25, 0.3) is 11.6 Å². The molecule has 0 aromatic heterocycles. The monoisotopic (exact) mass is 283 g/mol. The van der Waals surface area contributed by atoms with E-state index < -0.39 is 10.9 Å². The zero-order valence-electron chi connectivity index (χ0n) is 11.4. The Kier molecular flexibility index (Phi) is 4.46. The van der Waals surface area contributed by atoms with Crippen molar-refractivity contribution in [1.82, 2.24) is 0 Å². The van der Waals surface area contributed by atoms with E-state index in [1.165, 1.54) is 31.4 Å². The molecular formula is C16H13NO4. The maximum absolute atomic E-state index is 11.9. The van der Waals surface area contributed by atoms with E-state index in [0.717, 1.165) is 5.56 Å². The van der Waals surface area contributed by atoms with Crippen molar-refractivity contribution in [3.8, 4) is 0 Å². The molecular weight excluding hydrogens is 270 g/mol. The molecule has 0 saturated carbocycles. The summed E-state index contributed by atoms with van der Waals surface area (Å²) in [7, 11) is 1.30. The van der Waals surface area contributed by atoms with Gasteiger partial charge in [-0.2, -0.15) is 0 Å². The Morgan fingerprint density at radius 2 is 1.71 bits per heavy atom. The van der Waals surface area contributed by atoms with Crippen LogP contribution in [0.15, 0.2) is 54.6 Å². The van der Waals surface area contributed by atoms with E-state index in [4.69, 9.17) is 4.74 Å². The molecule has 0 heterocycles. The highest BCUT2D eigenvalue weighted by atomic mass is 16.6. The minimum Gasteiger partial charge on any atom is -0.465 e. The summed E-state index contributed by atoms with van der Waals surface area (Å²) in [4.78, 5) is 22.1. The molecule has 106 valence electrons. The number of methoxy groups -OCH3 is 1. The highest BCUT2D eigenvalue weighted by Crippen LogP contribution is 2.22. The number of carbonyl (C=O) groups is 1. The lowest BCUT2D eigenvalue weighted by atomic mass is 10.0. The van der Waals surface area contributed by atoms with Crippen LogP contribution < -0.4 is 0 Å². The molecule has 2 aromatic carbocycles. The summed E-state index contributed by atoms with van der Waals surface area (Å²) in [5.41, 5.74) is 1.73. The van der Waals surface area contributed by atoms with Gasteiger partial charge in [0, 0.05) is 12.1 Å². The van der Waals surface area contributed by atoms with Gasteiger partial charge in [0.25, 0.3) is 5.69 Å². The first-order chi connectivity index (χ1) is 10.1. The highest BCUT2D eigenvalue weighted by molar-refractivity contribution is 6.21. The fourth-order valence-corrected chi connectivity index (χ4v) is 1.85. The molecule has 0 bridgehead atoms. The summed E-state index contributed by atoms with van der Waals surface area (Å²) in [6, 6.07) is 15.1. The van der Waals surface area contributed by atoms with E-state index in [9.17, 15) is 14.9 Å². The van der Waals surface area contributed by atoms with E-state index in [1.54, 1.807) is 6.08 Å². The zero-order chi connectivity index (χ0) is 15.2. The Morgan fingerprint density at radius 3 is 2.24 bits per heavy atom. The average Bonchev–Trinajstić information content (AvgIpc) is 2.53. The number of nitrogens with zero attached hydrogens (tertiary/aromatic N) is 1. The number of benzene rings is 2. The number of ether oxygens (including phenoxy) is 1. The van der Waals surface area contributed by atoms with Crippen molar-refractivity contribution in [1.29, 1.82) is 0 Å². The smallest absolute Gasteiger partial charge is 0.338 e. The van der Waals surface area contributed by atoms with Crippen molar-refractivity contribution >= 4 is 23.3 Å². The van der Waals surface area contributed by atoms with E-state index in [0.29, 0.717) is 11.1 Å². The molecule has 5 nitrogen and oxygen atoms in total. The predicted molar refractivity (Wildman–Crippen MR) is 79.4 cm³/mol. The molecule has 0 aliphatic carbocycles. The van der Waals surface area contributed by atoms with Crippen molar-refractivity contribution in [3.05, 3.63) is 75.8 Å². The molecule has 5 heteroatoms.